The molecule has 0 bridgehead atoms. The zero-order valence-corrected chi connectivity index (χ0v) is 14.8. The van der Waals surface area contributed by atoms with Gasteiger partial charge >= 0.3 is 0 Å². The van der Waals surface area contributed by atoms with Crippen LogP contribution in [0.5, 0.6) is 0 Å². The molecular formula is C15H24N6OS. The van der Waals surface area contributed by atoms with E-state index in [0.29, 0.717) is 5.78 Å². The average Bonchev–Trinajstić information content (AvgIpc) is 3.01. The first-order chi connectivity index (χ1) is 11.0. The van der Waals surface area contributed by atoms with Crippen LogP contribution in [0.4, 0.5) is 5.82 Å². The van der Waals surface area contributed by atoms with Gasteiger partial charge < -0.3 is 5.32 Å². The van der Waals surface area contributed by atoms with Crippen molar-refractivity contribution < 1.29 is 4.21 Å². The SMILES string of the molecule is CCc1cc(NCC(C)(C)N2CCS(=O)CC2)n2ncnc2n1. The largest absolute Gasteiger partial charge is 0.368 e. The van der Waals surface area contributed by atoms with Crippen molar-refractivity contribution >= 4 is 22.4 Å². The second-order valence-corrected chi connectivity index (χ2v) is 8.16. The molecule has 8 heteroatoms. The van der Waals surface area contributed by atoms with Crippen molar-refractivity contribution in [3.05, 3.63) is 18.1 Å². The van der Waals surface area contributed by atoms with Crippen molar-refractivity contribution in [2.75, 3.05) is 36.5 Å². The van der Waals surface area contributed by atoms with Gasteiger partial charge in [-0.3, -0.25) is 9.11 Å². The van der Waals surface area contributed by atoms with Gasteiger partial charge in [0.05, 0.1) is 0 Å². The van der Waals surface area contributed by atoms with Gasteiger partial charge in [0.2, 0.25) is 0 Å². The number of nitrogens with zero attached hydrogens (tertiary/aromatic N) is 5. The molecule has 3 heterocycles. The third-order valence-corrected chi connectivity index (χ3v) is 5.68. The van der Waals surface area contributed by atoms with E-state index in [1.54, 1.807) is 4.52 Å². The van der Waals surface area contributed by atoms with Crippen LogP contribution in [-0.2, 0) is 17.2 Å². The van der Waals surface area contributed by atoms with Crippen molar-refractivity contribution in [3.8, 4) is 0 Å². The zero-order valence-electron chi connectivity index (χ0n) is 13.9. The fourth-order valence-corrected chi connectivity index (χ4v) is 3.88. The number of nitrogens with one attached hydrogen (secondary N) is 1. The number of rotatable bonds is 5. The summed E-state index contributed by atoms with van der Waals surface area (Å²) in [5.41, 5.74) is 0.979. The third kappa shape index (κ3) is 3.53. The van der Waals surface area contributed by atoms with Crippen molar-refractivity contribution in [2.24, 2.45) is 0 Å². The maximum Gasteiger partial charge on any atom is 0.254 e. The van der Waals surface area contributed by atoms with Crippen LogP contribution in [0.2, 0.25) is 0 Å². The molecule has 1 saturated heterocycles. The molecule has 0 spiro atoms. The molecule has 0 unspecified atom stereocenters. The Kier molecular flexibility index (Phi) is 4.63. The summed E-state index contributed by atoms with van der Waals surface area (Å²) in [6.45, 7) is 9.06. The van der Waals surface area contributed by atoms with E-state index in [9.17, 15) is 4.21 Å². The molecule has 1 N–H and O–H groups in total. The molecule has 0 amide bonds. The highest BCUT2D eigenvalue weighted by atomic mass is 32.2. The first kappa shape index (κ1) is 16.3. The molecule has 2 aromatic rings. The molecule has 1 aliphatic rings. The van der Waals surface area contributed by atoms with Crippen molar-refractivity contribution in [1.29, 1.82) is 0 Å². The minimum absolute atomic E-state index is 0.0207. The molecule has 2 aromatic heterocycles. The average molecular weight is 336 g/mol. The van der Waals surface area contributed by atoms with Crippen LogP contribution in [0.15, 0.2) is 12.4 Å². The minimum atomic E-state index is -0.646. The van der Waals surface area contributed by atoms with Crippen LogP contribution in [0, 0.1) is 0 Å². The van der Waals surface area contributed by atoms with E-state index < -0.39 is 10.8 Å². The van der Waals surface area contributed by atoms with Gasteiger partial charge in [0.1, 0.15) is 12.1 Å². The predicted octanol–water partition coefficient (Wildman–Crippen LogP) is 0.941. The van der Waals surface area contributed by atoms with E-state index in [-0.39, 0.29) is 5.54 Å². The summed E-state index contributed by atoms with van der Waals surface area (Å²) in [6, 6.07) is 2.03. The first-order valence-corrected chi connectivity index (χ1v) is 9.52. The Bertz CT molecular complexity index is 703. The quantitative estimate of drug-likeness (QED) is 0.876. The van der Waals surface area contributed by atoms with E-state index in [4.69, 9.17) is 0 Å². The van der Waals surface area contributed by atoms with Gasteiger partial charge in [0.25, 0.3) is 5.78 Å². The van der Waals surface area contributed by atoms with Crippen LogP contribution in [0.25, 0.3) is 5.78 Å². The fraction of sp³-hybridized carbons (Fsp3) is 0.667. The molecule has 23 heavy (non-hydrogen) atoms. The first-order valence-electron chi connectivity index (χ1n) is 8.03. The van der Waals surface area contributed by atoms with E-state index in [1.807, 2.05) is 6.07 Å². The Labute approximate surface area is 139 Å². The van der Waals surface area contributed by atoms with Crippen LogP contribution >= 0.6 is 0 Å². The van der Waals surface area contributed by atoms with Crippen LogP contribution < -0.4 is 5.32 Å². The minimum Gasteiger partial charge on any atom is -0.368 e. The highest BCUT2D eigenvalue weighted by Gasteiger charge is 2.29. The normalized spacial score (nSPS) is 17.7. The van der Waals surface area contributed by atoms with E-state index in [1.165, 1.54) is 6.33 Å². The van der Waals surface area contributed by atoms with Crippen LogP contribution in [0.1, 0.15) is 26.5 Å². The second-order valence-electron chi connectivity index (χ2n) is 6.46. The maximum atomic E-state index is 11.5. The van der Waals surface area contributed by atoms with E-state index in [2.05, 4.69) is 46.1 Å². The molecule has 126 valence electrons. The highest BCUT2D eigenvalue weighted by Crippen LogP contribution is 2.19. The molecule has 0 radical (unpaired) electrons. The van der Waals surface area contributed by atoms with E-state index >= 15 is 0 Å². The molecule has 1 aliphatic heterocycles. The Morgan fingerprint density at radius 3 is 2.78 bits per heavy atom. The summed E-state index contributed by atoms with van der Waals surface area (Å²) in [5.74, 6) is 3.08. The molecule has 3 rings (SSSR count). The number of hydrogen-bond acceptors (Lipinski definition) is 6. The molecule has 0 aliphatic carbocycles. The van der Waals surface area contributed by atoms with Gasteiger partial charge in [-0.15, -0.1) is 0 Å². The standard InChI is InChI=1S/C15H24N6OS/c1-4-12-9-13(21-14(19-12)17-11-18-21)16-10-15(2,3)20-5-7-23(22)8-6-20/h9,11,16H,4-8,10H2,1-3H3. The molecule has 7 nitrogen and oxygen atoms in total. The Morgan fingerprint density at radius 1 is 1.35 bits per heavy atom. The summed E-state index contributed by atoms with van der Waals surface area (Å²) in [4.78, 5) is 11.1. The Balaban J connectivity index is 1.74. The summed E-state index contributed by atoms with van der Waals surface area (Å²) < 4.78 is 13.3. The topological polar surface area (TPSA) is 75.4 Å². The number of aromatic nitrogens is 4. The summed E-state index contributed by atoms with van der Waals surface area (Å²) in [5, 5.41) is 7.74. The van der Waals surface area contributed by atoms with Crippen molar-refractivity contribution in [3.63, 3.8) is 0 Å². The van der Waals surface area contributed by atoms with Gasteiger partial charge in [-0.2, -0.15) is 14.6 Å². The smallest absolute Gasteiger partial charge is 0.254 e. The van der Waals surface area contributed by atoms with Crippen molar-refractivity contribution in [1.82, 2.24) is 24.5 Å². The van der Waals surface area contributed by atoms with Crippen molar-refractivity contribution in [2.45, 2.75) is 32.7 Å². The van der Waals surface area contributed by atoms with Gasteiger partial charge in [-0.25, -0.2) is 4.98 Å². The molecule has 0 atom stereocenters. The zero-order chi connectivity index (χ0) is 16.4. The van der Waals surface area contributed by atoms with Crippen LogP contribution in [0.3, 0.4) is 0 Å². The molecule has 0 saturated carbocycles. The lowest BCUT2D eigenvalue weighted by atomic mass is 10.0. The van der Waals surface area contributed by atoms with E-state index in [0.717, 1.165) is 49.1 Å². The summed E-state index contributed by atoms with van der Waals surface area (Å²) in [7, 11) is -0.646. The lowest BCUT2D eigenvalue weighted by molar-refractivity contribution is 0.145. The monoisotopic (exact) mass is 336 g/mol. The lowest BCUT2D eigenvalue weighted by Gasteiger charge is -2.40. The second kappa shape index (κ2) is 6.52. The number of anilines is 1. The fourth-order valence-electron chi connectivity index (χ4n) is 2.83. The van der Waals surface area contributed by atoms with Gasteiger partial charge in [0, 0.05) is 59.2 Å². The summed E-state index contributed by atoms with van der Waals surface area (Å²) in [6.07, 6.45) is 2.39. The molecule has 1 fully saturated rings. The molecular weight excluding hydrogens is 312 g/mol. The number of aryl methyl sites for hydroxylation is 1. The number of hydrogen-bond donors (Lipinski definition) is 1. The van der Waals surface area contributed by atoms with Gasteiger partial charge in [0.15, 0.2) is 0 Å². The third-order valence-electron chi connectivity index (χ3n) is 4.40. The lowest BCUT2D eigenvalue weighted by Crippen LogP contribution is -2.53. The Morgan fingerprint density at radius 2 is 2.09 bits per heavy atom. The van der Waals surface area contributed by atoms with Gasteiger partial charge in [-0.05, 0) is 20.3 Å². The molecule has 0 aromatic carbocycles. The van der Waals surface area contributed by atoms with Crippen LogP contribution in [-0.4, -0.2) is 65.4 Å². The Hall–Kier alpha value is -1.54. The maximum absolute atomic E-state index is 11.5. The number of fused-ring (bicyclic) bond motifs is 1. The van der Waals surface area contributed by atoms with Gasteiger partial charge in [-0.1, -0.05) is 6.92 Å². The highest BCUT2D eigenvalue weighted by molar-refractivity contribution is 7.85. The predicted molar refractivity (Wildman–Crippen MR) is 92.2 cm³/mol. The summed E-state index contributed by atoms with van der Waals surface area (Å²) >= 11 is 0.